The number of carbonyl (C=O) groups is 2. The standard InChI is InChI=1S/C27H26N4O5/c1-4-36-26(34)17-10-8-16(9-11-17)25(33)29-20-7-5-6-18(12-20)24-21-13-19(15-32)23(35-3)14-22(21)30-27(28-2)31-24/h5-14,32H,4,15H2,1-3H3,(H,29,33)(H,28,30,31). The zero-order valence-corrected chi connectivity index (χ0v) is 20.2. The lowest BCUT2D eigenvalue weighted by molar-refractivity contribution is 0.0526. The van der Waals surface area contributed by atoms with Gasteiger partial charge in [-0.3, -0.25) is 4.79 Å². The average molecular weight is 487 g/mol. The van der Waals surface area contributed by atoms with Crippen LogP contribution < -0.4 is 15.4 Å². The minimum absolute atomic E-state index is 0.197. The van der Waals surface area contributed by atoms with Crippen LogP contribution in [0.5, 0.6) is 5.75 Å². The molecule has 0 aliphatic rings. The number of methoxy groups -OCH3 is 1. The van der Waals surface area contributed by atoms with Crippen LogP contribution in [-0.4, -0.2) is 47.7 Å². The molecule has 4 rings (SSSR count). The van der Waals surface area contributed by atoms with Crippen LogP contribution in [0.2, 0.25) is 0 Å². The zero-order valence-electron chi connectivity index (χ0n) is 20.2. The number of aliphatic hydroxyl groups is 1. The normalized spacial score (nSPS) is 10.7. The van der Waals surface area contributed by atoms with Gasteiger partial charge in [-0.15, -0.1) is 0 Å². The minimum Gasteiger partial charge on any atom is -0.496 e. The summed E-state index contributed by atoms with van der Waals surface area (Å²) in [6, 6.07) is 17.1. The maximum absolute atomic E-state index is 12.8. The first-order valence-corrected chi connectivity index (χ1v) is 11.3. The van der Waals surface area contributed by atoms with Crippen molar-refractivity contribution in [2.45, 2.75) is 13.5 Å². The molecule has 0 bridgehead atoms. The van der Waals surface area contributed by atoms with Gasteiger partial charge in [0.25, 0.3) is 5.91 Å². The van der Waals surface area contributed by atoms with Gasteiger partial charge in [0, 0.05) is 40.9 Å². The molecule has 4 aromatic rings. The van der Waals surface area contributed by atoms with Gasteiger partial charge < -0.3 is 25.2 Å². The molecule has 0 aliphatic carbocycles. The number of aliphatic hydroxyl groups excluding tert-OH is 1. The van der Waals surface area contributed by atoms with Gasteiger partial charge >= 0.3 is 5.97 Å². The molecule has 0 fully saturated rings. The Morgan fingerprint density at radius 2 is 1.75 bits per heavy atom. The third-order valence-electron chi connectivity index (χ3n) is 5.54. The van der Waals surface area contributed by atoms with Crippen molar-refractivity contribution in [1.29, 1.82) is 0 Å². The largest absolute Gasteiger partial charge is 0.496 e. The van der Waals surface area contributed by atoms with Gasteiger partial charge in [-0.1, -0.05) is 12.1 Å². The van der Waals surface area contributed by atoms with Gasteiger partial charge in [0.15, 0.2) is 0 Å². The molecule has 9 nitrogen and oxygen atoms in total. The lowest BCUT2D eigenvalue weighted by Crippen LogP contribution is -2.12. The first-order chi connectivity index (χ1) is 17.5. The number of nitrogens with zero attached hydrogens (tertiary/aromatic N) is 2. The molecular formula is C27H26N4O5. The number of hydrogen-bond acceptors (Lipinski definition) is 8. The van der Waals surface area contributed by atoms with Crippen LogP contribution in [0, 0.1) is 0 Å². The molecule has 1 amide bonds. The van der Waals surface area contributed by atoms with Crippen molar-refractivity contribution >= 4 is 34.4 Å². The Morgan fingerprint density at radius 3 is 2.42 bits per heavy atom. The lowest BCUT2D eigenvalue weighted by Gasteiger charge is -2.13. The maximum atomic E-state index is 12.8. The first-order valence-electron chi connectivity index (χ1n) is 11.3. The number of aromatic nitrogens is 2. The van der Waals surface area contributed by atoms with E-state index >= 15 is 0 Å². The summed E-state index contributed by atoms with van der Waals surface area (Å²) in [5.41, 5.74) is 4.00. The number of benzene rings is 3. The van der Waals surface area contributed by atoms with Crippen LogP contribution in [0.4, 0.5) is 11.6 Å². The number of rotatable bonds is 8. The number of nitrogens with one attached hydrogen (secondary N) is 2. The summed E-state index contributed by atoms with van der Waals surface area (Å²) in [6.45, 7) is 1.82. The fraction of sp³-hybridized carbons (Fsp3) is 0.185. The number of carbonyl (C=O) groups excluding carboxylic acids is 2. The van der Waals surface area contributed by atoms with E-state index in [1.54, 1.807) is 56.4 Å². The van der Waals surface area contributed by atoms with Crippen LogP contribution >= 0.6 is 0 Å². The summed E-state index contributed by atoms with van der Waals surface area (Å²) in [5, 5.41) is 16.4. The first kappa shape index (κ1) is 24.6. The van der Waals surface area contributed by atoms with Crippen LogP contribution in [0.1, 0.15) is 33.2 Å². The molecular weight excluding hydrogens is 460 g/mol. The Hall–Kier alpha value is -4.50. The second kappa shape index (κ2) is 10.8. The summed E-state index contributed by atoms with van der Waals surface area (Å²) in [7, 11) is 3.27. The summed E-state index contributed by atoms with van der Waals surface area (Å²) < 4.78 is 10.4. The van der Waals surface area contributed by atoms with Gasteiger partial charge in [-0.2, -0.15) is 0 Å². The maximum Gasteiger partial charge on any atom is 0.338 e. The number of esters is 1. The van der Waals surface area contributed by atoms with Crippen LogP contribution in [0.15, 0.2) is 60.7 Å². The lowest BCUT2D eigenvalue weighted by atomic mass is 10.0. The quantitative estimate of drug-likeness (QED) is 0.316. The highest BCUT2D eigenvalue weighted by molar-refractivity contribution is 6.05. The second-order valence-electron chi connectivity index (χ2n) is 7.82. The predicted octanol–water partition coefficient (Wildman–Crippen LogP) is 4.27. The summed E-state index contributed by atoms with van der Waals surface area (Å²) in [6.07, 6.45) is 0. The van der Waals surface area contributed by atoms with Crippen LogP contribution in [0.25, 0.3) is 22.2 Å². The molecule has 9 heteroatoms. The van der Waals surface area contributed by atoms with E-state index in [2.05, 4.69) is 20.6 Å². The van der Waals surface area contributed by atoms with E-state index in [0.717, 1.165) is 10.9 Å². The van der Waals surface area contributed by atoms with Crippen molar-refractivity contribution in [2.24, 2.45) is 0 Å². The second-order valence-corrected chi connectivity index (χ2v) is 7.82. The molecule has 36 heavy (non-hydrogen) atoms. The molecule has 0 aliphatic heterocycles. The van der Waals surface area contributed by atoms with E-state index in [0.29, 0.717) is 45.3 Å². The highest BCUT2D eigenvalue weighted by Gasteiger charge is 2.15. The van der Waals surface area contributed by atoms with Gasteiger partial charge in [0.05, 0.1) is 37.1 Å². The van der Waals surface area contributed by atoms with Crippen molar-refractivity contribution in [2.75, 3.05) is 31.4 Å². The highest BCUT2D eigenvalue weighted by Crippen LogP contribution is 2.33. The SMILES string of the molecule is CCOC(=O)c1ccc(C(=O)Nc2cccc(-c3nc(NC)nc4cc(OC)c(CO)cc34)c2)cc1. The molecule has 0 saturated heterocycles. The molecule has 0 saturated carbocycles. The molecule has 0 radical (unpaired) electrons. The summed E-state index contributed by atoms with van der Waals surface area (Å²) in [5.74, 6) is 0.203. The third kappa shape index (κ3) is 5.11. The molecule has 1 aromatic heterocycles. The van der Waals surface area contributed by atoms with Crippen molar-refractivity contribution < 1.29 is 24.2 Å². The number of fused-ring (bicyclic) bond motifs is 1. The molecule has 0 unspecified atom stereocenters. The van der Waals surface area contributed by atoms with E-state index in [-0.39, 0.29) is 19.1 Å². The number of amides is 1. The fourth-order valence-electron chi connectivity index (χ4n) is 3.77. The van der Waals surface area contributed by atoms with E-state index in [1.807, 2.05) is 18.2 Å². The topological polar surface area (TPSA) is 123 Å². The van der Waals surface area contributed by atoms with Gasteiger partial charge in [-0.05, 0) is 49.4 Å². The Balaban J connectivity index is 1.66. The van der Waals surface area contributed by atoms with Gasteiger partial charge in [0.1, 0.15) is 5.75 Å². The van der Waals surface area contributed by atoms with Crippen molar-refractivity contribution in [3.8, 4) is 17.0 Å². The molecule has 1 heterocycles. The number of anilines is 2. The van der Waals surface area contributed by atoms with E-state index in [4.69, 9.17) is 9.47 Å². The van der Waals surface area contributed by atoms with E-state index in [9.17, 15) is 14.7 Å². The summed E-state index contributed by atoms with van der Waals surface area (Å²) in [4.78, 5) is 33.8. The predicted molar refractivity (Wildman–Crippen MR) is 137 cm³/mol. The van der Waals surface area contributed by atoms with E-state index < -0.39 is 5.97 Å². The van der Waals surface area contributed by atoms with Crippen LogP contribution in [-0.2, 0) is 11.3 Å². The van der Waals surface area contributed by atoms with Crippen LogP contribution in [0.3, 0.4) is 0 Å². The Labute approximate surface area is 208 Å². The average Bonchev–Trinajstić information content (AvgIpc) is 2.91. The molecule has 0 atom stereocenters. The Morgan fingerprint density at radius 1 is 1.00 bits per heavy atom. The third-order valence-corrected chi connectivity index (χ3v) is 5.54. The summed E-state index contributed by atoms with van der Waals surface area (Å²) >= 11 is 0. The molecule has 3 N–H and O–H groups in total. The zero-order chi connectivity index (χ0) is 25.7. The highest BCUT2D eigenvalue weighted by atomic mass is 16.5. The fourth-order valence-corrected chi connectivity index (χ4v) is 3.77. The molecule has 184 valence electrons. The van der Waals surface area contributed by atoms with Crippen molar-refractivity contribution in [1.82, 2.24) is 9.97 Å². The Bertz CT molecular complexity index is 1420. The minimum atomic E-state index is -0.433. The van der Waals surface area contributed by atoms with Crippen molar-refractivity contribution in [3.63, 3.8) is 0 Å². The Kier molecular flexibility index (Phi) is 7.41. The smallest absolute Gasteiger partial charge is 0.338 e. The van der Waals surface area contributed by atoms with Gasteiger partial charge in [-0.25, -0.2) is 14.8 Å². The van der Waals surface area contributed by atoms with E-state index in [1.165, 1.54) is 7.11 Å². The number of hydrogen-bond donors (Lipinski definition) is 3. The monoisotopic (exact) mass is 486 g/mol. The molecule has 3 aromatic carbocycles. The van der Waals surface area contributed by atoms with Crippen molar-refractivity contribution in [3.05, 3.63) is 77.4 Å². The molecule has 0 spiro atoms. The number of ether oxygens (including phenoxy) is 2. The van der Waals surface area contributed by atoms with Gasteiger partial charge in [0.2, 0.25) is 5.95 Å².